The summed E-state index contributed by atoms with van der Waals surface area (Å²) in [5, 5.41) is 16.7. The maximum atomic E-state index is 10.3. The van der Waals surface area contributed by atoms with Crippen molar-refractivity contribution in [2.45, 2.75) is 0 Å². The molecule has 0 spiro atoms. The van der Waals surface area contributed by atoms with Gasteiger partial charge in [-0.25, -0.2) is 0 Å². The van der Waals surface area contributed by atoms with Crippen molar-refractivity contribution < 1.29 is 8.83 Å². The molecule has 41 heavy (non-hydrogen) atoms. The molecule has 0 aliphatic rings. The lowest BCUT2D eigenvalue weighted by atomic mass is 9.96. The van der Waals surface area contributed by atoms with E-state index < -0.39 is 0 Å². The lowest BCUT2D eigenvalue weighted by Gasteiger charge is -2.08. The molecule has 0 saturated carbocycles. The molecule has 3 aromatic heterocycles. The van der Waals surface area contributed by atoms with Gasteiger partial charge in [-0.15, -0.1) is 0 Å². The molecule has 0 aliphatic heterocycles. The first kappa shape index (κ1) is 22.1. The van der Waals surface area contributed by atoms with E-state index in [0.29, 0.717) is 11.1 Å². The highest BCUT2D eigenvalue weighted by atomic mass is 16.3. The van der Waals surface area contributed by atoms with Crippen LogP contribution in [-0.2, 0) is 0 Å². The van der Waals surface area contributed by atoms with Crippen LogP contribution in [0.25, 0.3) is 82.5 Å². The van der Waals surface area contributed by atoms with Crippen molar-refractivity contribution in [1.82, 2.24) is 4.57 Å². The molecule has 0 N–H and O–H groups in total. The van der Waals surface area contributed by atoms with Gasteiger partial charge in [-0.2, -0.15) is 5.26 Å². The normalized spacial score (nSPS) is 11.9. The fourth-order valence-electron chi connectivity index (χ4n) is 6.50. The number of rotatable bonds is 2. The van der Waals surface area contributed by atoms with E-state index in [4.69, 9.17) is 8.83 Å². The van der Waals surface area contributed by atoms with Crippen molar-refractivity contribution in [1.29, 1.82) is 5.26 Å². The maximum Gasteiger partial charge on any atom is 0.159 e. The molecule has 0 aliphatic carbocycles. The Kier molecular flexibility index (Phi) is 4.37. The number of fused-ring (bicyclic) bond motifs is 9. The number of furan rings is 2. The fourth-order valence-corrected chi connectivity index (χ4v) is 6.50. The summed E-state index contributed by atoms with van der Waals surface area (Å²) in [7, 11) is 0. The van der Waals surface area contributed by atoms with Gasteiger partial charge in [0.25, 0.3) is 0 Å². The number of nitriles is 1. The second kappa shape index (κ2) is 8.11. The first-order valence-electron chi connectivity index (χ1n) is 13.6. The van der Waals surface area contributed by atoms with Gasteiger partial charge in [0.05, 0.1) is 22.3 Å². The van der Waals surface area contributed by atoms with E-state index in [9.17, 15) is 5.26 Å². The standard InChI is InChI=1S/C37H20N2O2/c38-21-23-19-22(24-12-8-18-34-35(24)28-11-3-6-17-33(28)40-34)20-29-27-13-7-16-32(37(27)41-36(23)29)39-30-14-4-1-9-25(30)26-10-2-5-15-31(26)39/h1-20H. The predicted molar refractivity (Wildman–Crippen MR) is 165 cm³/mol. The third-order valence-electron chi connectivity index (χ3n) is 8.23. The number of hydrogen-bond acceptors (Lipinski definition) is 3. The monoisotopic (exact) mass is 524 g/mol. The number of para-hydroxylation sites is 4. The number of aromatic nitrogens is 1. The van der Waals surface area contributed by atoms with E-state index in [1.165, 1.54) is 10.8 Å². The molecule has 9 aromatic rings. The average Bonchev–Trinajstić information content (AvgIpc) is 3.70. The lowest BCUT2D eigenvalue weighted by molar-refractivity contribution is 0.665. The van der Waals surface area contributed by atoms with Gasteiger partial charge in [0.1, 0.15) is 17.2 Å². The van der Waals surface area contributed by atoms with Gasteiger partial charge < -0.3 is 13.4 Å². The molecule has 0 fully saturated rings. The van der Waals surface area contributed by atoms with E-state index in [-0.39, 0.29) is 0 Å². The summed E-state index contributed by atoms with van der Waals surface area (Å²) in [6.45, 7) is 0. The van der Waals surface area contributed by atoms with Crippen LogP contribution in [0, 0.1) is 11.3 Å². The van der Waals surface area contributed by atoms with Crippen LogP contribution < -0.4 is 0 Å². The van der Waals surface area contributed by atoms with Crippen molar-refractivity contribution in [3.63, 3.8) is 0 Å². The van der Waals surface area contributed by atoms with Crippen LogP contribution in [0.3, 0.4) is 0 Å². The summed E-state index contributed by atoms with van der Waals surface area (Å²) in [6.07, 6.45) is 0. The second-order valence-electron chi connectivity index (χ2n) is 10.4. The van der Waals surface area contributed by atoms with Gasteiger partial charge in [0.2, 0.25) is 0 Å². The van der Waals surface area contributed by atoms with E-state index >= 15 is 0 Å². The van der Waals surface area contributed by atoms with Crippen LogP contribution in [-0.4, -0.2) is 4.57 Å². The number of nitrogens with zero attached hydrogens (tertiary/aromatic N) is 2. The third-order valence-corrected chi connectivity index (χ3v) is 8.23. The fraction of sp³-hybridized carbons (Fsp3) is 0. The molecular weight excluding hydrogens is 504 g/mol. The second-order valence-corrected chi connectivity index (χ2v) is 10.4. The summed E-state index contributed by atoms with van der Waals surface area (Å²) in [5.41, 5.74) is 8.70. The Bertz CT molecular complexity index is 2500. The Morgan fingerprint density at radius 2 is 1.20 bits per heavy atom. The highest BCUT2D eigenvalue weighted by Gasteiger charge is 2.20. The first-order valence-corrected chi connectivity index (χ1v) is 13.6. The number of benzene rings is 6. The molecule has 4 nitrogen and oxygen atoms in total. The SMILES string of the molecule is N#Cc1cc(-c2cccc3oc4ccccc4c23)cc2c1oc1c(-n3c4ccccc4c4ccccc43)cccc12. The largest absolute Gasteiger partial charge is 0.456 e. The molecule has 4 heteroatoms. The van der Waals surface area contributed by atoms with Crippen molar-refractivity contribution in [2.24, 2.45) is 0 Å². The number of hydrogen-bond donors (Lipinski definition) is 0. The van der Waals surface area contributed by atoms with Crippen LogP contribution >= 0.6 is 0 Å². The summed E-state index contributed by atoms with van der Waals surface area (Å²) < 4.78 is 15.0. The lowest BCUT2D eigenvalue weighted by Crippen LogP contribution is -1.93. The van der Waals surface area contributed by atoms with Gasteiger partial charge in [-0.05, 0) is 53.6 Å². The topological polar surface area (TPSA) is 55.0 Å². The Balaban J connectivity index is 1.37. The molecule has 0 bridgehead atoms. The van der Waals surface area contributed by atoms with Crippen LogP contribution in [0.5, 0.6) is 0 Å². The Hall–Kier alpha value is -5.79. The summed E-state index contributed by atoms with van der Waals surface area (Å²) in [4.78, 5) is 0. The molecule has 190 valence electrons. The van der Waals surface area contributed by atoms with Crippen molar-refractivity contribution in [3.05, 3.63) is 127 Å². The molecule has 9 rings (SSSR count). The molecule has 0 radical (unpaired) electrons. The van der Waals surface area contributed by atoms with Gasteiger partial charge in [-0.3, -0.25) is 0 Å². The van der Waals surface area contributed by atoms with Crippen LogP contribution in [0.15, 0.2) is 130 Å². The van der Waals surface area contributed by atoms with Crippen LogP contribution in [0.4, 0.5) is 0 Å². The van der Waals surface area contributed by atoms with E-state index in [1.54, 1.807) is 0 Å². The minimum atomic E-state index is 0.506. The van der Waals surface area contributed by atoms with Crippen molar-refractivity contribution >= 4 is 65.7 Å². The zero-order chi connectivity index (χ0) is 27.1. The zero-order valence-electron chi connectivity index (χ0n) is 21.8. The maximum absolute atomic E-state index is 10.3. The minimum absolute atomic E-state index is 0.506. The quantitative estimate of drug-likeness (QED) is 0.226. The third kappa shape index (κ3) is 2.98. The summed E-state index contributed by atoms with van der Waals surface area (Å²) in [6, 6.07) is 43.8. The highest BCUT2D eigenvalue weighted by Crippen LogP contribution is 2.42. The predicted octanol–water partition coefficient (Wildman–Crippen LogP) is 10.1. The van der Waals surface area contributed by atoms with E-state index in [2.05, 4.69) is 95.6 Å². The van der Waals surface area contributed by atoms with Crippen molar-refractivity contribution in [2.75, 3.05) is 0 Å². The first-order chi connectivity index (χ1) is 20.3. The van der Waals surface area contributed by atoms with E-state index in [1.807, 2.05) is 36.4 Å². The summed E-state index contributed by atoms with van der Waals surface area (Å²) >= 11 is 0. The zero-order valence-corrected chi connectivity index (χ0v) is 21.8. The van der Waals surface area contributed by atoms with Gasteiger partial charge in [0, 0.05) is 32.3 Å². The smallest absolute Gasteiger partial charge is 0.159 e. The average molecular weight is 525 g/mol. The van der Waals surface area contributed by atoms with Gasteiger partial charge in [0.15, 0.2) is 11.2 Å². The Morgan fingerprint density at radius 1 is 0.537 bits per heavy atom. The van der Waals surface area contributed by atoms with Crippen LogP contribution in [0.2, 0.25) is 0 Å². The van der Waals surface area contributed by atoms with Crippen LogP contribution in [0.1, 0.15) is 5.56 Å². The molecule has 0 atom stereocenters. The van der Waals surface area contributed by atoms with Crippen molar-refractivity contribution in [3.8, 4) is 22.9 Å². The molecule has 3 heterocycles. The molecule has 0 saturated heterocycles. The van der Waals surface area contributed by atoms with Gasteiger partial charge in [-0.1, -0.05) is 78.9 Å². The van der Waals surface area contributed by atoms with E-state index in [0.717, 1.165) is 66.1 Å². The Labute approximate surface area is 233 Å². The molecule has 0 unspecified atom stereocenters. The minimum Gasteiger partial charge on any atom is -0.456 e. The summed E-state index contributed by atoms with van der Waals surface area (Å²) in [5.74, 6) is 0. The van der Waals surface area contributed by atoms with Gasteiger partial charge >= 0.3 is 0 Å². The molecule has 6 aromatic carbocycles. The molecular formula is C37H20N2O2. The molecule has 0 amide bonds. The highest BCUT2D eigenvalue weighted by molar-refractivity contribution is 6.16. The Morgan fingerprint density at radius 3 is 1.98 bits per heavy atom.